The second kappa shape index (κ2) is 7.48. The number of rotatable bonds is 7. The van der Waals surface area contributed by atoms with Crippen LogP contribution in [0.1, 0.15) is 52.4 Å². The van der Waals surface area contributed by atoms with Gasteiger partial charge in [0.25, 0.3) is 0 Å². The molecule has 0 unspecified atom stereocenters. The molecule has 0 bridgehead atoms. The van der Waals surface area contributed by atoms with Gasteiger partial charge in [-0.05, 0) is 44.6 Å². The van der Waals surface area contributed by atoms with Crippen LogP contribution in [0.25, 0.3) is 0 Å². The van der Waals surface area contributed by atoms with Gasteiger partial charge in [0.1, 0.15) is 6.61 Å². The topological polar surface area (TPSA) is 21.3 Å². The van der Waals surface area contributed by atoms with E-state index in [0.717, 1.165) is 45.1 Å². The molecule has 2 nitrogen and oxygen atoms in total. The molecule has 0 spiro atoms. The van der Waals surface area contributed by atoms with Crippen LogP contribution < -0.4 is 5.32 Å². The Hall–Kier alpha value is -0.290. The summed E-state index contributed by atoms with van der Waals surface area (Å²) in [6.07, 6.45) is 1.27. The van der Waals surface area contributed by atoms with Gasteiger partial charge in [-0.15, -0.1) is 0 Å². The van der Waals surface area contributed by atoms with Crippen LogP contribution in [0.15, 0.2) is 0 Å². The maximum absolute atomic E-state index is 12.4. The molecule has 5 heteroatoms. The van der Waals surface area contributed by atoms with Crippen molar-refractivity contribution in [1.82, 2.24) is 5.32 Å². The zero-order valence-electron chi connectivity index (χ0n) is 12.0. The van der Waals surface area contributed by atoms with Gasteiger partial charge in [0, 0.05) is 6.54 Å². The molecule has 1 N–H and O–H groups in total. The van der Waals surface area contributed by atoms with Gasteiger partial charge in [0.15, 0.2) is 0 Å². The highest BCUT2D eigenvalue weighted by atomic mass is 19.4. The molecule has 0 aromatic rings. The fraction of sp³-hybridized carbons (Fsp3) is 1.00. The molecule has 0 amide bonds. The zero-order valence-corrected chi connectivity index (χ0v) is 12.0. The lowest BCUT2D eigenvalue weighted by molar-refractivity contribution is -0.211. The Bertz CT molecular complexity index is 242. The zero-order chi connectivity index (χ0) is 14.4. The van der Waals surface area contributed by atoms with Crippen molar-refractivity contribution in [3.63, 3.8) is 0 Å². The summed E-state index contributed by atoms with van der Waals surface area (Å²) in [6.45, 7) is 4.42. The average Bonchev–Trinajstić information content (AvgIpc) is 2.37. The standard InChI is InChI=1S/C14H26F3NO/c1-3-9-18-10-13(19-11-14(15,16)17)7-5-12(4-2)6-8-13/h12,18H,3-11H2,1-2H3. The number of ether oxygens (including phenoxy) is 1. The molecule has 1 rings (SSSR count). The van der Waals surface area contributed by atoms with E-state index >= 15 is 0 Å². The van der Waals surface area contributed by atoms with Crippen LogP contribution in [0, 0.1) is 5.92 Å². The van der Waals surface area contributed by atoms with Crippen LogP contribution in [-0.2, 0) is 4.74 Å². The fourth-order valence-corrected chi connectivity index (χ4v) is 2.71. The molecular weight excluding hydrogens is 255 g/mol. The van der Waals surface area contributed by atoms with Crippen LogP contribution in [0.4, 0.5) is 13.2 Å². The molecule has 19 heavy (non-hydrogen) atoms. The molecule has 0 heterocycles. The van der Waals surface area contributed by atoms with E-state index in [4.69, 9.17) is 4.74 Å². The average molecular weight is 281 g/mol. The number of hydrogen-bond acceptors (Lipinski definition) is 2. The second-order valence-electron chi connectivity index (χ2n) is 5.62. The van der Waals surface area contributed by atoms with Crippen LogP contribution in [0.2, 0.25) is 0 Å². The van der Waals surface area contributed by atoms with Gasteiger partial charge in [-0.3, -0.25) is 0 Å². The molecule has 0 atom stereocenters. The highest BCUT2D eigenvalue weighted by Crippen LogP contribution is 2.37. The Morgan fingerprint density at radius 2 is 1.84 bits per heavy atom. The first-order chi connectivity index (χ1) is 8.91. The quantitative estimate of drug-likeness (QED) is 0.714. The Kier molecular flexibility index (Phi) is 6.60. The van der Waals surface area contributed by atoms with Gasteiger partial charge in [-0.2, -0.15) is 13.2 Å². The van der Waals surface area contributed by atoms with Crippen LogP contribution in [-0.4, -0.2) is 31.5 Å². The molecule has 1 fully saturated rings. The van der Waals surface area contributed by atoms with Gasteiger partial charge >= 0.3 is 6.18 Å². The normalized spacial score (nSPS) is 28.6. The molecule has 0 aliphatic heterocycles. The van der Waals surface area contributed by atoms with E-state index in [1.807, 2.05) is 6.92 Å². The summed E-state index contributed by atoms with van der Waals surface area (Å²) in [5, 5.41) is 3.22. The molecular formula is C14H26F3NO. The predicted molar refractivity (Wildman–Crippen MR) is 70.1 cm³/mol. The first-order valence-electron chi connectivity index (χ1n) is 7.32. The predicted octanol–water partition coefficient (Wildman–Crippen LogP) is 3.90. The molecule has 0 aromatic carbocycles. The summed E-state index contributed by atoms with van der Waals surface area (Å²) in [5.41, 5.74) is -0.615. The van der Waals surface area contributed by atoms with E-state index in [2.05, 4.69) is 12.2 Å². The Morgan fingerprint density at radius 1 is 1.21 bits per heavy atom. The van der Waals surface area contributed by atoms with Crippen LogP contribution in [0.5, 0.6) is 0 Å². The third-order valence-electron chi connectivity index (χ3n) is 4.01. The molecule has 0 aromatic heterocycles. The Morgan fingerprint density at radius 3 is 2.32 bits per heavy atom. The van der Waals surface area contributed by atoms with E-state index < -0.39 is 18.4 Å². The molecule has 0 saturated heterocycles. The summed E-state index contributed by atoms with van der Waals surface area (Å²) in [5.74, 6) is 0.647. The van der Waals surface area contributed by atoms with E-state index in [0.29, 0.717) is 12.5 Å². The lowest BCUT2D eigenvalue weighted by Crippen LogP contribution is -2.47. The molecule has 114 valence electrons. The van der Waals surface area contributed by atoms with Gasteiger partial charge in [-0.1, -0.05) is 20.3 Å². The number of nitrogens with one attached hydrogen (secondary N) is 1. The van der Waals surface area contributed by atoms with Crippen LogP contribution in [0.3, 0.4) is 0 Å². The van der Waals surface area contributed by atoms with Crippen molar-refractivity contribution in [2.45, 2.75) is 64.1 Å². The van der Waals surface area contributed by atoms with Crippen molar-refractivity contribution in [3.05, 3.63) is 0 Å². The van der Waals surface area contributed by atoms with Crippen molar-refractivity contribution < 1.29 is 17.9 Å². The Labute approximate surface area is 114 Å². The van der Waals surface area contributed by atoms with Crippen molar-refractivity contribution in [1.29, 1.82) is 0 Å². The number of alkyl halides is 3. The molecule has 1 aliphatic carbocycles. The van der Waals surface area contributed by atoms with Gasteiger partial charge in [0.05, 0.1) is 5.60 Å². The first-order valence-corrected chi connectivity index (χ1v) is 7.32. The van der Waals surface area contributed by atoms with E-state index in [-0.39, 0.29) is 0 Å². The highest BCUT2D eigenvalue weighted by molar-refractivity contribution is 4.89. The van der Waals surface area contributed by atoms with Gasteiger partial charge < -0.3 is 10.1 Å². The van der Waals surface area contributed by atoms with Crippen molar-refractivity contribution >= 4 is 0 Å². The minimum Gasteiger partial charge on any atom is -0.364 e. The minimum atomic E-state index is -4.24. The fourth-order valence-electron chi connectivity index (χ4n) is 2.71. The summed E-state index contributed by atoms with van der Waals surface area (Å²) < 4.78 is 42.4. The Balaban J connectivity index is 2.53. The molecule has 0 radical (unpaired) electrons. The lowest BCUT2D eigenvalue weighted by atomic mass is 9.77. The third kappa shape index (κ3) is 6.13. The summed E-state index contributed by atoms with van der Waals surface area (Å²) >= 11 is 0. The van der Waals surface area contributed by atoms with E-state index in [9.17, 15) is 13.2 Å². The van der Waals surface area contributed by atoms with Crippen LogP contribution >= 0.6 is 0 Å². The maximum atomic E-state index is 12.4. The van der Waals surface area contributed by atoms with E-state index in [1.165, 1.54) is 0 Å². The monoisotopic (exact) mass is 281 g/mol. The SMILES string of the molecule is CCCNCC1(OCC(F)(F)F)CCC(CC)CC1. The lowest BCUT2D eigenvalue weighted by Gasteiger charge is -2.40. The first kappa shape index (κ1) is 16.8. The van der Waals surface area contributed by atoms with Crippen molar-refractivity contribution in [3.8, 4) is 0 Å². The minimum absolute atomic E-state index is 0.535. The summed E-state index contributed by atoms with van der Waals surface area (Å²) in [7, 11) is 0. The van der Waals surface area contributed by atoms with Gasteiger partial charge in [0.2, 0.25) is 0 Å². The van der Waals surface area contributed by atoms with Gasteiger partial charge in [-0.25, -0.2) is 0 Å². The van der Waals surface area contributed by atoms with E-state index in [1.54, 1.807) is 0 Å². The van der Waals surface area contributed by atoms with Crippen molar-refractivity contribution in [2.24, 2.45) is 5.92 Å². The maximum Gasteiger partial charge on any atom is 0.411 e. The highest BCUT2D eigenvalue weighted by Gasteiger charge is 2.39. The largest absolute Gasteiger partial charge is 0.411 e. The smallest absolute Gasteiger partial charge is 0.364 e. The number of halogens is 3. The summed E-state index contributed by atoms with van der Waals surface area (Å²) in [6, 6.07) is 0. The summed E-state index contributed by atoms with van der Waals surface area (Å²) in [4.78, 5) is 0. The third-order valence-corrected chi connectivity index (χ3v) is 4.01. The van der Waals surface area contributed by atoms with Crippen molar-refractivity contribution in [2.75, 3.05) is 19.7 Å². The second-order valence-corrected chi connectivity index (χ2v) is 5.62. The molecule has 1 saturated carbocycles. The molecule has 1 aliphatic rings. The number of hydrogen-bond donors (Lipinski definition) is 1.